The maximum Gasteiger partial charge on any atom is 0.0485 e. The molecule has 1 heterocycles. The van der Waals surface area contributed by atoms with E-state index in [1.54, 1.807) is 0 Å². The first-order valence-corrected chi connectivity index (χ1v) is 7.39. The van der Waals surface area contributed by atoms with Crippen LogP contribution in [0.1, 0.15) is 38.3 Å². The van der Waals surface area contributed by atoms with Gasteiger partial charge in [-0.15, -0.1) is 0 Å². The van der Waals surface area contributed by atoms with Gasteiger partial charge in [-0.3, -0.25) is 0 Å². The van der Waals surface area contributed by atoms with E-state index in [1.807, 2.05) is 13.8 Å². The molecule has 2 aromatic rings. The number of nitrogens with zero attached hydrogens (tertiary/aromatic N) is 2. The van der Waals surface area contributed by atoms with E-state index in [0.717, 1.165) is 6.04 Å². The largest absolute Gasteiger partial charge is 0.344 e. The molecule has 1 saturated carbocycles. The van der Waals surface area contributed by atoms with E-state index >= 15 is 0 Å². The van der Waals surface area contributed by atoms with Crippen LogP contribution in [0.4, 0.5) is 0 Å². The van der Waals surface area contributed by atoms with E-state index < -0.39 is 0 Å². The van der Waals surface area contributed by atoms with E-state index in [2.05, 4.69) is 60.9 Å². The fourth-order valence-electron chi connectivity index (χ4n) is 2.79. The van der Waals surface area contributed by atoms with Gasteiger partial charge in [0.1, 0.15) is 0 Å². The standard InChI is InChI=1S/C15H20N2.C2H6/c1-11-4-5-12-6-7-17(15(12)8-11)14-9-13(10-14)16(2)3;1-2/h4-8,13-14H,9-10H2,1-3H3;1-2H3. The minimum atomic E-state index is 0.696. The Morgan fingerprint density at radius 3 is 2.42 bits per heavy atom. The highest BCUT2D eigenvalue weighted by molar-refractivity contribution is 5.81. The molecule has 1 aromatic carbocycles. The van der Waals surface area contributed by atoms with E-state index in [4.69, 9.17) is 0 Å². The lowest BCUT2D eigenvalue weighted by atomic mass is 9.85. The number of hydrogen-bond acceptors (Lipinski definition) is 1. The van der Waals surface area contributed by atoms with Crippen molar-refractivity contribution in [3.63, 3.8) is 0 Å². The topological polar surface area (TPSA) is 8.17 Å². The van der Waals surface area contributed by atoms with Crippen molar-refractivity contribution in [3.8, 4) is 0 Å². The van der Waals surface area contributed by atoms with Crippen LogP contribution in [-0.2, 0) is 0 Å². The molecule has 0 saturated heterocycles. The number of aryl methyl sites for hydroxylation is 1. The molecule has 19 heavy (non-hydrogen) atoms. The molecule has 0 atom stereocenters. The molecule has 2 nitrogen and oxygen atoms in total. The fourth-order valence-corrected chi connectivity index (χ4v) is 2.79. The first kappa shape index (κ1) is 14.1. The van der Waals surface area contributed by atoms with Gasteiger partial charge in [-0.1, -0.05) is 26.0 Å². The summed E-state index contributed by atoms with van der Waals surface area (Å²) in [5.41, 5.74) is 2.74. The Morgan fingerprint density at radius 1 is 1.11 bits per heavy atom. The normalized spacial score (nSPS) is 22.0. The Bertz CT molecular complexity index is 533. The molecular formula is C17H26N2. The average molecular weight is 258 g/mol. The lowest BCUT2D eigenvalue weighted by Crippen LogP contribution is -2.41. The highest BCUT2D eigenvalue weighted by Crippen LogP contribution is 2.37. The van der Waals surface area contributed by atoms with E-state index in [-0.39, 0.29) is 0 Å². The van der Waals surface area contributed by atoms with Crippen LogP contribution < -0.4 is 0 Å². The Morgan fingerprint density at radius 2 is 1.79 bits per heavy atom. The average Bonchev–Trinajstić information content (AvgIpc) is 2.73. The van der Waals surface area contributed by atoms with Crippen LogP contribution in [-0.4, -0.2) is 29.6 Å². The zero-order chi connectivity index (χ0) is 14.0. The minimum Gasteiger partial charge on any atom is -0.344 e. The van der Waals surface area contributed by atoms with Gasteiger partial charge in [-0.2, -0.15) is 0 Å². The SMILES string of the molecule is CC.Cc1ccc2ccn(C3CC(N(C)C)C3)c2c1. The summed E-state index contributed by atoms with van der Waals surface area (Å²) in [6.07, 6.45) is 4.82. The Balaban J connectivity index is 0.000000637. The highest BCUT2D eigenvalue weighted by atomic mass is 15.1. The van der Waals surface area contributed by atoms with Crippen molar-refractivity contribution in [1.29, 1.82) is 0 Å². The van der Waals surface area contributed by atoms with Crippen molar-refractivity contribution in [2.75, 3.05) is 14.1 Å². The monoisotopic (exact) mass is 258 g/mol. The molecule has 0 bridgehead atoms. The summed E-state index contributed by atoms with van der Waals surface area (Å²) in [4.78, 5) is 2.34. The van der Waals surface area contributed by atoms with Crippen molar-refractivity contribution >= 4 is 10.9 Å². The smallest absolute Gasteiger partial charge is 0.0485 e. The number of fused-ring (bicyclic) bond motifs is 1. The van der Waals surface area contributed by atoms with E-state index in [0.29, 0.717) is 6.04 Å². The van der Waals surface area contributed by atoms with Crippen LogP contribution in [0.2, 0.25) is 0 Å². The van der Waals surface area contributed by atoms with Crippen LogP contribution in [0.3, 0.4) is 0 Å². The number of rotatable bonds is 2. The summed E-state index contributed by atoms with van der Waals surface area (Å²) in [6.45, 7) is 6.17. The molecule has 0 unspecified atom stereocenters. The fraction of sp³-hybridized carbons (Fsp3) is 0.529. The quantitative estimate of drug-likeness (QED) is 0.782. The molecular weight excluding hydrogens is 232 g/mol. The summed E-state index contributed by atoms with van der Waals surface area (Å²) in [7, 11) is 4.36. The van der Waals surface area contributed by atoms with Gasteiger partial charge in [0.05, 0.1) is 0 Å². The summed E-state index contributed by atoms with van der Waals surface area (Å²) in [6, 6.07) is 10.4. The van der Waals surface area contributed by atoms with Crippen LogP contribution in [0, 0.1) is 6.92 Å². The lowest BCUT2D eigenvalue weighted by molar-refractivity contribution is 0.132. The van der Waals surface area contributed by atoms with Crippen molar-refractivity contribution in [2.45, 2.75) is 45.7 Å². The van der Waals surface area contributed by atoms with Gasteiger partial charge in [0, 0.05) is 23.8 Å². The zero-order valence-electron chi connectivity index (χ0n) is 12.9. The maximum absolute atomic E-state index is 2.46. The van der Waals surface area contributed by atoms with E-state index in [9.17, 15) is 0 Å². The van der Waals surface area contributed by atoms with Crippen LogP contribution in [0.5, 0.6) is 0 Å². The van der Waals surface area contributed by atoms with Crippen LogP contribution >= 0.6 is 0 Å². The molecule has 1 fully saturated rings. The molecule has 2 heteroatoms. The van der Waals surface area contributed by atoms with Gasteiger partial charge >= 0.3 is 0 Å². The van der Waals surface area contributed by atoms with Gasteiger partial charge in [0.2, 0.25) is 0 Å². The summed E-state index contributed by atoms with van der Waals surface area (Å²) in [5.74, 6) is 0. The molecule has 1 aliphatic carbocycles. The second kappa shape index (κ2) is 5.79. The third-order valence-electron chi connectivity index (χ3n) is 4.09. The second-order valence-electron chi connectivity index (χ2n) is 5.53. The van der Waals surface area contributed by atoms with Gasteiger partial charge in [0.15, 0.2) is 0 Å². The number of benzene rings is 1. The Labute approximate surface area is 117 Å². The van der Waals surface area contributed by atoms with Crippen LogP contribution in [0.15, 0.2) is 30.5 Å². The highest BCUT2D eigenvalue weighted by Gasteiger charge is 2.32. The van der Waals surface area contributed by atoms with Crippen molar-refractivity contribution < 1.29 is 0 Å². The summed E-state index contributed by atoms with van der Waals surface area (Å²) in [5, 5.41) is 1.36. The molecule has 0 radical (unpaired) electrons. The molecule has 0 spiro atoms. The maximum atomic E-state index is 2.46. The van der Waals surface area contributed by atoms with Crippen molar-refractivity contribution in [1.82, 2.24) is 9.47 Å². The summed E-state index contributed by atoms with van der Waals surface area (Å²) >= 11 is 0. The number of aromatic nitrogens is 1. The molecule has 104 valence electrons. The predicted octanol–water partition coefficient (Wildman–Crippen LogP) is 4.24. The van der Waals surface area contributed by atoms with Crippen molar-refractivity contribution in [2.24, 2.45) is 0 Å². The molecule has 0 N–H and O–H groups in total. The molecule has 0 aliphatic heterocycles. The zero-order valence-corrected chi connectivity index (χ0v) is 12.9. The van der Waals surface area contributed by atoms with E-state index in [1.165, 1.54) is 29.3 Å². The first-order valence-electron chi connectivity index (χ1n) is 7.39. The van der Waals surface area contributed by atoms with Crippen LogP contribution in [0.25, 0.3) is 10.9 Å². The third kappa shape index (κ3) is 2.69. The first-order chi connectivity index (χ1) is 9.15. The van der Waals surface area contributed by atoms with Gasteiger partial charge < -0.3 is 9.47 Å². The molecule has 1 aromatic heterocycles. The molecule has 1 aliphatic rings. The van der Waals surface area contributed by atoms with Gasteiger partial charge in [-0.05, 0) is 56.9 Å². The second-order valence-corrected chi connectivity index (χ2v) is 5.53. The lowest BCUT2D eigenvalue weighted by Gasteiger charge is -2.40. The third-order valence-corrected chi connectivity index (χ3v) is 4.09. The number of hydrogen-bond donors (Lipinski definition) is 0. The predicted molar refractivity (Wildman–Crippen MR) is 83.8 cm³/mol. The van der Waals surface area contributed by atoms with Gasteiger partial charge in [-0.25, -0.2) is 0 Å². The molecule has 0 amide bonds. The van der Waals surface area contributed by atoms with Crippen molar-refractivity contribution in [3.05, 3.63) is 36.0 Å². The van der Waals surface area contributed by atoms with Gasteiger partial charge in [0.25, 0.3) is 0 Å². The Hall–Kier alpha value is -1.28. The molecule has 3 rings (SSSR count). The summed E-state index contributed by atoms with van der Waals surface area (Å²) < 4.78 is 2.46. The Kier molecular flexibility index (Phi) is 4.31. The minimum absolute atomic E-state index is 0.696.